The van der Waals surface area contributed by atoms with Crippen LogP contribution in [0.25, 0.3) is 0 Å². The Morgan fingerprint density at radius 1 is 1.44 bits per heavy atom. The summed E-state index contributed by atoms with van der Waals surface area (Å²) < 4.78 is 0. The Balaban J connectivity index is 2.68. The maximum absolute atomic E-state index is 11.1. The van der Waals surface area contributed by atoms with Gasteiger partial charge in [-0.3, -0.25) is 10.2 Å². The first-order valence-corrected chi connectivity index (χ1v) is 5.49. The predicted octanol–water partition coefficient (Wildman–Crippen LogP) is 1.20. The summed E-state index contributed by atoms with van der Waals surface area (Å²) >= 11 is 0. The molecule has 4 nitrogen and oxygen atoms in total. The molecule has 4 heteroatoms. The molecular weight excluding hydrogens is 202 g/mol. The van der Waals surface area contributed by atoms with E-state index in [0.717, 1.165) is 6.54 Å². The highest BCUT2D eigenvalue weighted by atomic mass is 16.2. The largest absolute Gasteiger partial charge is 0.371 e. The summed E-state index contributed by atoms with van der Waals surface area (Å²) in [6, 6.07) is 8.16. The molecule has 0 unspecified atom stereocenters. The van der Waals surface area contributed by atoms with Crippen molar-refractivity contribution in [2.24, 2.45) is 5.84 Å². The molecule has 1 amide bonds. The van der Waals surface area contributed by atoms with E-state index >= 15 is 0 Å². The van der Waals surface area contributed by atoms with Crippen molar-refractivity contribution in [3.05, 3.63) is 29.8 Å². The lowest BCUT2D eigenvalue weighted by Gasteiger charge is -2.24. The van der Waals surface area contributed by atoms with Gasteiger partial charge in [0.15, 0.2) is 0 Å². The number of carbonyl (C=O) groups excluding carboxylic acids is 1. The molecule has 0 saturated carbocycles. The first kappa shape index (κ1) is 12.5. The Bertz CT molecular complexity index is 352. The van der Waals surface area contributed by atoms with Gasteiger partial charge in [0.1, 0.15) is 0 Å². The van der Waals surface area contributed by atoms with Crippen LogP contribution in [0.4, 0.5) is 5.69 Å². The summed E-state index contributed by atoms with van der Waals surface area (Å²) in [5, 5.41) is 0. The molecule has 0 atom stereocenters. The number of carbonyl (C=O) groups is 1. The molecule has 0 fully saturated rings. The van der Waals surface area contributed by atoms with Gasteiger partial charge in [0.2, 0.25) is 5.91 Å². The van der Waals surface area contributed by atoms with E-state index in [1.165, 1.54) is 11.3 Å². The number of para-hydroxylation sites is 1. The van der Waals surface area contributed by atoms with E-state index in [-0.39, 0.29) is 5.91 Å². The van der Waals surface area contributed by atoms with Crippen LogP contribution >= 0.6 is 0 Å². The van der Waals surface area contributed by atoms with Crippen molar-refractivity contribution in [2.45, 2.75) is 20.3 Å². The van der Waals surface area contributed by atoms with Crippen LogP contribution in [0.1, 0.15) is 18.9 Å². The van der Waals surface area contributed by atoms with Gasteiger partial charge in [0, 0.05) is 25.2 Å². The normalized spacial score (nSPS) is 9.94. The molecule has 0 aliphatic heterocycles. The highest BCUT2D eigenvalue weighted by Crippen LogP contribution is 2.18. The first-order valence-electron chi connectivity index (χ1n) is 5.49. The summed E-state index contributed by atoms with van der Waals surface area (Å²) in [4.78, 5) is 13.3. The number of benzene rings is 1. The van der Waals surface area contributed by atoms with Crippen LogP contribution in [-0.2, 0) is 4.79 Å². The van der Waals surface area contributed by atoms with Crippen LogP contribution in [-0.4, -0.2) is 19.0 Å². The number of nitrogens with zero attached hydrogens (tertiary/aromatic N) is 1. The number of hydrogen-bond donors (Lipinski definition) is 2. The number of anilines is 1. The molecule has 1 rings (SSSR count). The molecule has 0 aromatic heterocycles. The van der Waals surface area contributed by atoms with Crippen LogP contribution in [0.15, 0.2) is 24.3 Å². The van der Waals surface area contributed by atoms with Gasteiger partial charge in [-0.25, -0.2) is 5.84 Å². The lowest BCUT2D eigenvalue weighted by Crippen LogP contribution is -2.34. The molecule has 16 heavy (non-hydrogen) atoms. The highest BCUT2D eigenvalue weighted by molar-refractivity contribution is 5.75. The maximum atomic E-state index is 11.1. The number of nitrogens with two attached hydrogens (primary N) is 1. The Kier molecular flexibility index (Phi) is 4.79. The second-order valence-corrected chi connectivity index (χ2v) is 3.68. The minimum atomic E-state index is -0.132. The fourth-order valence-corrected chi connectivity index (χ4v) is 1.68. The Morgan fingerprint density at radius 3 is 2.69 bits per heavy atom. The number of rotatable bonds is 5. The fraction of sp³-hybridized carbons (Fsp3) is 0.417. The summed E-state index contributed by atoms with van der Waals surface area (Å²) in [5.41, 5.74) is 4.54. The Morgan fingerprint density at radius 2 is 2.12 bits per heavy atom. The van der Waals surface area contributed by atoms with Crippen molar-refractivity contribution >= 4 is 11.6 Å². The minimum Gasteiger partial charge on any atom is -0.371 e. The quantitative estimate of drug-likeness (QED) is 0.446. The van der Waals surface area contributed by atoms with Gasteiger partial charge in [-0.1, -0.05) is 18.2 Å². The SMILES string of the molecule is CCN(CCC(=O)NN)c1ccccc1C. The smallest absolute Gasteiger partial charge is 0.235 e. The topological polar surface area (TPSA) is 58.4 Å². The molecule has 0 spiro atoms. The van der Waals surface area contributed by atoms with Gasteiger partial charge in [-0.2, -0.15) is 0 Å². The van der Waals surface area contributed by atoms with Gasteiger partial charge < -0.3 is 4.90 Å². The average molecular weight is 221 g/mol. The van der Waals surface area contributed by atoms with Crippen molar-refractivity contribution in [1.82, 2.24) is 5.43 Å². The highest BCUT2D eigenvalue weighted by Gasteiger charge is 2.08. The third-order valence-electron chi connectivity index (χ3n) is 2.61. The molecule has 0 heterocycles. The zero-order valence-corrected chi connectivity index (χ0v) is 9.86. The first-order chi connectivity index (χ1) is 7.69. The zero-order valence-electron chi connectivity index (χ0n) is 9.86. The van der Waals surface area contributed by atoms with Crippen LogP contribution < -0.4 is 16.2 Å². The van der Waals surface area contributed by atoms with Crippen LogP contribution in [0.3, 0.4) is 0 Å². The summed E-state index contributed by atoms with van der Waals surface area (Å²) in [6.07, 6.45) is 0.415. The molecule has 0 bridgehead atoms. The van der Waals surface area contributed by atoms with E-state index in [4.69, 9.17) is 5.84 Å². The maximum Gasteiger partial charge on any atom is 0.235 e. The van der Waals surface area contributed by atoms with Gasteiger partial charge in [-0.15, -0.1) is 0 Å². The van der Waals surface area contributed by atoms with Gasteiger partial charge >= 0.3 is 0 Å². The van der Waals surface area contributed by atoms with Crippen LogP contribution in [0.2, 0.25) is 0 Å². The number of hydrazine groups is 1. The van der Waals surface area contributed by atoms with Crippen molar-refractivity contribution in [2.75, 3.05) is 18.0 Å². The molecule has 0 aliphatic rings. The molecular formula is C12H19N3O. The van der Waals surface area contributed by atoms with Crippen molar-refractivity contribution in [3.63, 3.8) is 0 Å². The molecule has 1 aromatic carbocycles. The molecule has 3 N–H and O–H groups in total. The monoisotopic (exact) mass is 221 g/mol. The lowest BCUT2D eigenvalue weighted by atomic mass is 10.1. The second-order valence-electron chi connectivity index (χ2n) is 3.68. The van der Waals surface area contributed by atoms with E-state index in [1.54, 1.807) is 0 Å². The fourth-order valence-electron chi connectivity index (χ4n) is 1.68. The van der Waals surface area contributed by atoms with E-state index in [0.29, 0.717) is 13.0 Å². The molecule has 0 saturated heterocycles. The number of amides is 1. The molecule has 0 radical (unpaired) electrons. The third-order valence-corrected chi connectivity index (χ3v) is 2.61. The zero-order chi connectivity index (χ0) is 12.0. The summed E-state index contributed by atoms with van der Waals surface area (Å²) in [5.74, 6) is 4.92. The Hall–Kier alpha value is -1.55. The third kappa shape index (κ3) is 3.24. The Labute approximate surface area is 96.4 Å². The standard InChI is InChI=1S/C12H19N3O/c1-3-15(9-8-12(16)14-13)11-7-5-4-6-10(11)2/h4-7H,3,8-9,13H2,1-2H3,(H,14,16). The second kappa shape index (κ2) is 6.12. The number of hydrogen-bond acceptors (Lipinski definition) is 3. The summed E-state index contributed by atoms with van der Waals surface area (Å²) in [6.45, 7) is 5.71. The number of nitrogens with one attached hydrogen (secondary N) is 1. The minimum absolute atomic E-state index is 0.132. The van der Waals surface area contributed by atoms with Crippen molar-refractivity contribution < 1.29 is 4.79 Å². The van der Waals surface area contributed by atoms with Crippen molar-refractivity contribution in [3.8, 4) is 0 Å². The lowest BCUT2D eigenvalue weighted by molar-refractivity contribution is -0.120. The van der Waals surface area contributed by atoms with Crippen LogP contribution in [0, 0.1) is 6.92 Å². The van der Waals surface area contributed by atoms with E-state index in [9.17, 15) is 4.79 Å². The predicted molar refractivity (Wildman–Crippen MR) is 66.0 cm³/mol. The van der Waals surface area contributed by atoms with E-state index in [1.807, 2.05) is 12.1 Å². The molecule has 88 valence electrons. The van der Waals surface area contributed by atoms with Gasteiger partial charge in [-0.05, 0) is 25.5 Å². The van der Waals surface area contributed by atoms with Crippen molar-refractivity contribution in [1.29, 1.82) is 0 Å². The van der Waals surface area contributed by atoms with Crippen LogP contribution in [0.5, 0.6) is 0 Å². The van der Waals surface area contributed by atoms with E-state index < -0.39 is 0 Å². The van der Waals surface area contributed by atoms with Gasteiger partial charge in [0.25, 0.3) is 0 Å². The summed E-state index contributed by atoms with van der Waals surface area (Å²) in [7, 11) is 0. The molecule has 0 aliphatic carbocycles. The van der Waals surface area contributed by atoms with Gasteiger partial charge in [0.05, 0.1) is 0 Å². The number of aryl methyl sites for hydroxylation is 1. The van der Waals surface area contributed by atoms with E-state index in [2.05, 4.69) is 36.3 Å². The average Bonchev–Trinajstić information content (AvgIpc) is 2.31. The molecule has 1 aromatic rings.